The number of halogens is 2. The molecule has 26 heavy (non-hydrogen) atoms. The molecule has 5 nitrogen and oxygen atoms in total. The standard InChI is InChI=1S/C19H31FN4O.HI/c1-4-21-19(23-13-17-5-6-18(20)16(3)11-17)22-12-15(2)14-24-7-9-25-10-8-24;/h5-6,11,15H,4,7-10,12-14H2,1-3H3,(H2,21,22,23);1H. The molecule has 0 amide bonds. The lowest BCUT2D eigenvalue weighted by Gasteiger charge is -2.29. The summed E-state index contributed by atoms with van der Waals surface area (Å²) < 4.78 is 18.7. The van der Waals surface area contributed by atoms with Gasteiger partial charge in [-0.05, 0) is 37.0 Å². The Morgan fingerprint density at radius 3 is 2.69 bits per heavy atom. The molecule has 2 rings (SSSR count). The highest BCUT2D eigenvalue weighted by atomic mass is 127. The third-order valence-electron chi connectivity index (χ3n) is 4.28. The van der Waals surface area contributed by atoms with Crippen molar-refractivity contribution in [1.82, 2.24) is 15.5 Å². The van der Waals surface area contributed by atoms with E-state index in [0.29, 0.717) is 18.0 Å². The molecular weight excluding hydrogens is 446 g/mol. The maximum absolute atomic E-state index is 13.3. The Bertz CT molecular complexity index is 564. The zero-order chi connectivity index (χ0) is 18.1. The molecular formula is C19H32FIN4O. The number of guanidine groups is 1. The maximum atomic E-state index is 13.3. The van der Waals surface area contributed by atoms with Crippen LogP contribution in [-0.4, -0.2) is 56.8 Å². The average Bonchev–Trinajstić information content (AvgIpc) is 2.61. The van der Waals surface area contributed by atoms with Crippen LogP contribution in [0, 0.1) is 18.7 Å². The predicted molar refractivity (Wildman–Crippen MR) is 116 cm³/mol. The smallest absolute Gasteiger partial charge is 0.191 e. The summed E-state index contributed by atoms with van der Waals surface area (Å²) in [5.74, 6) is 1.16. The van der Waals surface area contributed by atoms with Gasteiger partial charge in [0.2, 0.25) is 0 Å². The van der Waals surface area contributed by atoms with Crippen LogP contribution in [0.2, 0.25) is 0 Å². The molecule has 7 heteroatoms. The van der Waals surface area contributed by atoms with Crippen molar-refractivity contribution in [2.45, 2.75) is 27.3 Å². The summed E-state index contributed by atoms with van der Waals surface area (Å²) in [6, 6.07) is 5.14. The average molecular weight is 478 g/mol. The molecule has 1 aromatic carbocycles. The van der Waals surface area contributed by atoms with Gasteiger partial charge in [0.15, 0.2) is 5.96 Å². The van der Waals surface area contributed by atoms with Gasteiger partial charge in [-0.15, -0.1) is 24.0 Å². The fourth-order valence-corrected chi connectivity index (χ4v) is 2.88. The Balaban J connectivity index is 0.00000338. The van der Waals surface area contributed by atoms with Crippen molar-refractivity contribution in [3.8, 4) is 0 Å². The molecule has 1 atom stereocenters. The number of hydrogen-bond acceptors (Lipinski definition) is 3. The Morgan fingerprint density at radius 1 is 1.31 bits per heavy atom. The van der Waals surface area contributed by atoms with E-state index in [1.165, 1.54) is 6.07 Å². The van der Waals surface area contributed by atoms with Gasteiger partial charge in [0.05, 0.1) is 19.8 Å². The monoisotopic (exact) mass is 478 g/mol. The molecule has 0 radical (unpaired) electrons. The van der Waals surface area contributed by atoms with Crippen molar-refractivity contribution in [3.63, 3.8) is 0 Å². The van der Waals surface area contributed by atoms with Gasteiger partial charge in [-0.2, -0.15) is 0 Å². The van der Waals surface area contributed by atoms with Crippen LogP contribution in [0.4, 0.5) is 4.39 Å². The maximum Gasteiger partial charge on any atom is 0.191 e. The minimum atomic E-state index is -0.172. The fraction of sp³-hybridized carbons (Fsp3) is 0.632. The zero-order valence-corrected chi connectivity index (χ0v) is 18.4. The Kier molecular flexibility index (Phi) is 11.1. The molecule has 1 aromatic rings. The SMILES string of the molecule is CCNC(=NCc1ccc(F)c(C)c1)NCC(C)CN1CCOCC1.I. The topological polar surface area (TPSA) is 48.9 Å². The van der Waals surface area contributed by atoms with E-state index in [2.05, 4.69) is 34.4 Å². The Hall–Kier alpha value is -0.930. The molecule has 1 aliphatic heterocycles. The molecule has 1 unspecified atom stereocenters. The van der Waals surface area contributed by atoms with Gasteiger partial charge in [0.1, 0.15) is 5.82 Å². The molecule has 148 valence electrons. The predicted octanol–water partition coefficient (Wildman–Crippen LogP) is 2.78. The van der Waals surface area contributed by atoms with Crippen molar-refractivity contribution in [2.24, 2.45) is 10.9 Å². The second-order valence-corrected chi connectivity index (χ2v) is 6.68. The van der Waals surface area contributed by atoms with E-state index in [-0.39, 0.29) is 29.8 Å². The van der Waals surface area contributed by atoms with Gasteiger partial charge in [-0.3, -0.25) is 4.90 Å². The summed E-state index contributed by atoms with van der Waals surface area (Å²) in [7, 11) is 0. The van der Waals surface area contributed by atoms with Crippen molar-refractivity contribution < 1.29 is 9.13 Å². The number of nitrogens with zero attached hydrogens (tertiary/aromatic N) is 2. The van der Waals surface area contributed by atoms with Crippen molar-refractivity contribution in [3.05, 3.63) is 35.1 Å². The molecule has 0 spiro atoms. The highest BCUT2D eigenvalue weighted by Crippen LogP contribution is 2.10. The molecule has 0 aromatic heterocycles. The first-order chi connectivity index (χ1) is 12.1. The Labute approximate surface area is 173 Å². The van der Waals surface area contributed by atoms with E-state index < -0.39 is 0 Å². The second kappa shape index (κ2) is 12.5. The lowest BCUT2D eigenvalue weighted by molar-refractivity contribution is 0.0320. The van der Waals surface area contributed by atoms with Crippen LogP contribution in [0.1, 0.15) is 25.0 Å². The zero-order valence-electron chi connectivity index (χ0n) is 16.1. The third kappa shape index (κ3) is 8.18. The van der Waals surface area contributed by atoms with Crippen LogP contribution in [0.15, 0.2) is 23.2 Å². The van der Waals surface area contributed by atoms with Crippen LogP contribution in [0.5, 0.6) is 0 Å². The van der Waals surface area contributed by atoms with Crippen molar-refractivity contribution in [2.75, 3.05) is 45.9 Å². The minimum Gasteiger partial charge on any atom is -0.379 e. The van der Waals surface area contributed by atoms with Crippen molar-refractivity contribution >= 4 is 29.9 Å². The molecule has 1 saturated heterocycles. The molecule has 0 aliphatic carbocycles. The first-order valence-electron chi connectivity index (χ1n) is 9.15. The molecule has 0 bridgehead atoms. The number of ether oxygens (including phenoxy) is 1. The van der Waals surface area contributed by atoms with E-state index in [1.807, 2.05) is 6.07 Å². The number of rotatable bonds is 7. The number of hydrogen-bond donors (Lipinski definition) is 2. The van der Waals surface area contributed by atoms with E-state index in [9.17, 15) is 4.39 Å². The van der Waals surface area contributed by atoms with Gasteiger partial charge in [-0.25, -0.2) is 9.38 Å². The third-order valence-corrected chi connectivity index (χ3v) is 4.28. The first kappa shape index (κ1) is 23.1. The van der Waals surface area contributed by atoms with E-state index in [1.54, 1.807) is 13.0 Å². The van der Waals surface area contributed by atoms with Crippen LogP contribution in [0.3, 0.4) is 0 Å². The van der Waals surface area contributed by atoms with Gasteiger partial charge in [-0.1, -0.05) is 19.1 Å². The van der Waals surface area contributed by atoms with Crippen molar-refractivity contribution in [1.29, 1.82) is 0 Å². The summed E-state index contributed by atoms with van der Waals surface area (Å²) in [5.41, 5.74) is 1.67. The lowest BCUT2D eigenvalue weighted by Crippen LogP contribution is -2.44. The Morgan fingerprint density at radius 2 is 2.04 bits per heavy atom. The van der Waals surface area contributed by atoms with E-state index >= 15 is 0 Å². The molecule has 0 saturated carbocycles. The number of morpholine rings is 1. The van der Waals surface area contributed by atoms with Crippen LogP contribution >= 0.6 is 24.0 Å². The number of nitrogens with one attached hydrogen (secondary N) is 2. The summed E-state index contributed by atoms with van der Waals surface area (Å²) in [6.07, 6.45) is 0. The van der Waals surface area contributed by atoms with Gasteiger partial charge in [0.25, 0.3) is 0 Å². The molecule has 2 N–H and O–H groups in total. The first-order valence-corrected chi connectivity index (χ1v) is 9.15. The van der Waals surface area contributed by atoms with Gasteiger partial charge < -0.3 is 15.4 Å². The van der Waals surface area contributed by atoms with Crippen LogP contribution in [0.25, 0.3) is 0 Å². The van der Waals surface area contributed by atoms with Gasteiger partial charge >= 0.3 is 0 Å². The molecule has 1 heterocycles. The summed E-state index contributed by atoms with van der Waals surface area (Å²) in [5, 5.41) is 6.68. The number of benzene rings is 1. The summed E-state index contributed by atoms with van der Waals surface area (Å²) >= 11 is 0. The number of aryl methyl sites for hydroxylation is 1. The minimum absolute atomic E-state index is 0. The normalized spacial score (nSPS) is 16.7. The van der Waals surface area contributed by atoms with E-state index in [0.717, 1.165) is 57.5 Å². The largest absolute Gasteiger partial charge is 0.379 e. The molecule has 1 aliphatic rings. The van der Waals surface area contributed by atoms with E-state index in [4.69, 9.17) is 4.74 Å². The van der Waals surface area contributed by atoms with Crippen LogP contribution < -0.4 is 10.6 Å². The summed E-state index contributed by atoms with van der Waals surface area (Å²) in [4.78, 5) is 7.06. The van der Waals surface area contributed by atoms with Gasteiger partial charge in [0, 0.05) is 32.7 Å². The number of aliphatic imine (C=N–C) groups is 1. The highest BCUT2D eigenvalue weighted by Gasteiger charge is 2.13. The molecule has 1 fully saturated rings. The summed E-state index contributed by atoms with van der Waals surface area (Å²) in [6.45, 7) is 13.1. The fourth-order valence-electron chi connectivity index (χ4n) is 2.88. The second-order valence-electron chi connectivity index (χ2n) is 6.68. The quantitative estimate of drug-likeness (QED) is 0.360. The van der Waals surface area contributed by atoms with Crippen LogP contribution in [-0.2, 0) is 11.3 Å². The highest BCUT2D eigenvalue weighted by molar-refractivity contribution is 14.0. The lowest BCUT2D eigenvalue weighted by atomic mass is 10.1.